The molecule has 2 aromatic heterocycles. The van der Waals surface area contributed by atoms with E-state index < -0.39 is 4.92 Å². The first-order valence-corrected chi connectivity index (χ1v) is 9.89. The monoisotopic (exact) mass is 406 g/mol. The smallest absolute Gasteiger partial charge is 0.271 e. The third kappa shape index (κ3) is 3.62. The molecule has 0 bridgehead atoms. The topological polar surface area (TPSA) is 90.2 Å². The zero-order valence-electron chi connectivity index (χ0n) is 15.9. The molecule has 0 fully saturated rings. The van der Waals surface area contributed by atoms with Gasteiger partial charge < -0.3 is 10.1 Å². The molecule has 29 heavy (non-hydrogen) atoms. The van der Waals surface area contributed by atoms with E-state index in [2.05, 4.69) is 51.9 Å². The molecule has 0 aliphatic carbocycles. The highest BCUT2D eigenvalue weighted by Gasteiger charge is 2.17. The van der Waals surface area contributed by atoms with E-state index in [0.29, 0.717) is 17.3 Å². The molecular weight excluding hydrogens is 388 g/mol. The van der Waals surface area contributed by atoms with E-state index in [1.54, 1.807) is 6.07 Å². The molecule has 0 atom stereocenters. The molecule has 7 nitrogen and oxygen atoms in total. The summed E-state index contributed by atoms with van der Waals surface area (Å²) in [5.74, 6) is 1.07. The summed E-state index contributed by atoms with van der Waals surface area (Å²) < 4.78 is 5.36. The number of nitrogens with zero attached hydrogens (tertiary/aromatic N) is 3. The van der Waals surface area contributed by atoms with Crippen molar-refractivity contribution in [1.82, 2.24) is 9.97 Å². The fourth-order valence-corrected chi connectivity index (χ4v) is 4.05. The van der Waals surface area contributed by atoms with Crippen molar-refractivity contribution in [2.45, 2.75) is 13.3 Å². The Bertz CT molecular complexity index is 1190. The van der Waals surface area contributed by atoms with Crippen LogP contribution in [0.1, 0.15) is 12.5 Å². The quantitative estimate of drug-likeness (QED) is 0.332. The van der Waals surface area contributed by atoms with Crippen molar-refractivity contribution in [2.75, 3.05) is 12.4 Å². The van der Waals surface area contributed by atoms with Gasteiger partial charge >= 0.3 is 0 Å². The van der Waals surface area contributed by atoms with Crippen molar-refractivity contribution in [2.24, 2.45) is 0 Å². The van der Waals surface area contributed by atoms with E-state index in [0.717, 1.165) is 27.8 Å². The second-order valence-corrected chi connectivity index (χ2v) is 7.23. The van der Waals surface area contributed by atoms with Crippen LogP contribution in [-0.4, -0.2) is 22.0 Å². The summed E-state index contributed by atoms with van der Waals surface area (Å²) in [6.07, 6.45) is 2.46. The average Bonchev–Trinajstić information content (AvgIpc) is 3.19. The van der Waals surface area contributed by atoms with Gasteiger partial charge in [-0.1, -0.05) is 31.2 Å². The van der Waals surface area contributed by atoms with Gasteiger partial charge in [-0.3, -0.25) is 10.1 Å². The van der Waals surface area contributed by atoms with Crippen LogP contribution in [0.3, 0.4) is 0 Å². The van der Waals surface area contributed by atoms with Crippen LogP contribution < -0.4 is 10.1 Å². The molecule has 0 amide bonds. The van der Waals surface area contributed by atoms with Gasteiger partial charge in [0.05, 0.1) is 23.1 Å². The zero-order valence-corrected chi connectivity index (χ0v) is 16.7. The Balaban J connectivity index is 1.82. The van der Waals surface area contributed by atoms with Crippen molar-refractivity contribution < 1.29 is 9.66 Å². The Kier molecular flexibility index (Phi) is 5.09. The Labute approximate surface area is 171 Å². The molecule has 0 aliphatic heterocycles. The standard InChI is InChI=1S/C21H18N4O3S/c1-3-13-4-6-14(7-5-13)16-11-29-21-19(16)20(22-12-23-21)24-17-10-15(25(26)27)8-9-18(17)28-2/h4-12H,3H2,1-2H3,(H,22,23,24). The summed E-state index contributed by atoms with van der Waals surface area (Å²) in [6, 6.07) is 12.8. The van der Waals surface area contributed by atoms with Gasteiger partial charge in [0.1, 0.15) is 22.7 Å². The van der Waals surface area contributed by atoms with E-state index in [1.807, 2.05) is 0 Å². The van der Waals surface area contributed by atoms with E-state index in [-0.39, 0.29) is 5.69 Å². The lowest BCUT2D eigenvalue weighted by Crippen LogP contribution is -1.99. The number of nitro benzene ring substituents is 1. The number of fused-ring (bicyclic) bond motifs is 1. The number of methoxy groups -OCH3 is 1. The number of nitrogens with one attached hydrogen (secondary N) is 1. The predicted octanol–water partition coefficient (Wildman–Crippen LogP) is 5.58. The van der Waals surface area contributed by atoms with Crippen molar-refractivity contribution in [3.63, 3.8) is 0 Å². The molecule has 8 heteroatoms. The molecule has 0 unspecified atom stereocenters. The maximum Gasteiger partial charge on any atom is 0.271 e. The molecule has 0 saturated heterocycles. The van der Waals surface area contributed by atoms with Crippen LogP contribution in [0, 0.1) is 10.1 Å². The SMILES string of the molecule is CCc1ccc(-c2csc3ncnc(Nc4cc([N+](=O)[O-])ccc4OC)c23)cc1. The number of aromatic nitrogens is 2. The maximum atomic E-state index is 11.2. The zero-order chi connectivity index (χ0) is 20.4. The Hall–Kier alpha value is -3.52. The highest BCUT2D eigenvalue weighted by molar-refractivity contribution is 7.17. The van der Waals surface area contributed by atoms with E-state index in [9.17, 15) is 10.1 Å². The van der Waals surface area contributed by atoms with Crippen molar-refractivity contribution in [1.29, 1.82) is 0 Å². The summed E-state index contributed by atoms with van der Waals surface area (Å²) in [7, 11) is 1.52. The highest BCUT2D eigenvalue weighted by atomic mass is 32.1. The molecule has 4 aromatic rings. The number of hydrogen-bond acceptors (Lipinski definition) is 7. The van der Waals surface area contributed by atoms with Crippen LogP contribution in [0.15, 0.2) is 54.2 Å². The number of benzene rings is 2. The first-order valence-electron chi connectivity index (χ1n) is 9.01. The summed E-state index contributed by atoms with van der Waals surface area (Å²) >= 11 is 1.53. The minimum Gasteiger partial charge on any atom is -0.495 e. The van der Waals surface area contributed by atoms with Gasteiger partial charge in [-0.15, -0.1) is 11.3 Å². The van der Waals surface area contributed by atoms with Crippen LogP contribution in [-0.2, 0) is 6.42 Å². The second kappa shape index (κ2) is 7.84. The fraction of sp³-hybridized carbons (Fsp3) is 0.143. The molecule has 0 radical (unpaired) electrons. The number of ether oxygens (including phenoxy) is 1. The maximum absolute atomic E-state index is 11.2. The third-order valence-electron chi connectivity index (χ3n) is 4.69. The van der Waals surface area contributed by atoms with Crippen LogP contribution in [0.4, 0.5) is 17.2 Å². The molecule has 2 aromatic carbocycles. The predicted molar refractivity (Wildman–Crippen MR) is 115 cm³/mol. The van der Waals surface area contributed by atoms with Gasteiger partial charge in [0.15, 0.2) is 0 Å². The number of non-ortho nitro benzene ring substituents is 1. The number of hydrogen-bond donors (Lipinski definition) is 1. The van der Waals surface area contributed by atoms with Gasteiger partial charge in [-0.05, 0) is 23.6 Å². The van der Waals surface area contributed by atoms with Gasteiger partial charge in [0, 0.05) is 23.1 Å². The van der Waals surface area contributed by atoms with Crippen LogP contribution in [0.25, 0.3) is 21.3 Å². The summed E-state index contributed by atoms with van der Waals surface area (Å²) in [6.45, 7) is 2.12. The van der Waals surface area contributed by atoms with Crippen molar-refractivity contribution in [3.05, 3.63) is 69.8 Å². The number of anilines is 2. The summed E-state index contributed by atoms with van der Waals surface area (Å²) in [5.41, 5.74) is 3.79. The fourth-order valence-electron chi connectivity index (χ4n) is 3.14. The minimum absolute atomic E-state index is 0.0284. The summed E-state index contributed by atoms with van der Waals surface area (Å²) in [4.78, 5) is 20.4. The number of rotatable bonds is 6. The first kappa shape index (κ1) is 18.8. The molecule has 146 valence electrons. The first-order chi connectivity index (χ1) is 14.1. The Morgan fingerprint density at radius 1 is 1.17 bits per heavy atom. The highest BCUT2D eigenvalue weighted by Crippen LogP contribution is 2.39. The van der Waals surface area contributed by atoms with Gasteiger partial charge in [0.25, 0.3) is 5.69 Å². The van der Waals surface area contributed by atoms with Crippen LogP contribution in [0.5, 0.6) is 5.75 Å². The lowest BCUT2D eigenvalue weighted by molar-refractivity contribution is -0.384. The molecule has 4 rings (SSSR count). The number of nitro groups is 1. The molecule has 0 aliphatic rings. The average molecular weight is 406 g/mol. The molecular formula is C21H18N4O3S. The van der Waals surface area contributed by atoms with Gasteiger partial charge in [-0.2, -0.15) is 0 Å². The van der Waals surface area contributed by atoms with E-state index in [4.69, 9.17) is 4.74 Å². The number of thiophene rings is 1. The molecule has 0 spiro atoms. The van der Waals surface area contributed by atoms with Crippen LogP contribution in [0.2, 0.25) is 0 Å². The Morgan fingerprint density at radius 2 is 1.97 bits per heavy atom. The summed E-state index contributed by atoms with van der Waals surface area (Å²) in [5, 5.41) is 17.3. The van der Waals surface area contributed by atoms with Crippen LogP contribution >= 0.6 is 11.3 Å². The van der Waals surface area contributed by atoms with Gasteiger partial charge in [0.2, 0.25) is 0 Å². The van der Waals surface area contributed by atoms with Crippen molar-refractivity contribution in [3.8, 4) is 16.9 Å². The second-order valence-electron chi connectivity index (χ2n) is 6.37. The Morgan fingerprint density at radius 3 is 2.66 bits per heavy atom. The van der Waals surface area contributed by atoms with E-state index >= 15 is 0 Å². The van der Waals surface area contributed by atoms with Crippen molar-refractivity contribution >= 4 is 38.7 Å². The minimum atomic E-state index is -0.439. The largest absolute Gasteiger partial charge is 0.495 e. The molecule has 2 heterocycles. The normalized spacial score (nSPS) is 10.8. The third-order valence-corrected chi connectivity index (χ3v) is 5.58. The molecule has 0 saturated carbocycles. The van der Waals surface area contributed by atoms with Gasteiger partial charge in [-0.25, -0.2) is 9.97 Å². The lowest BCUT2D eigenvalue weighted by atomic mass is 10.0. The lowest BCUT2D eigenvalue weighted by Gasteiger charge is -2.12. The van der Waals surface area contributed by atoms with E-state index in [1.165, 1.54) is 42.5 Å². The molecule has 1 N–H and O–H groups in total. The number of aryl methyl sites for hydroxylation is 1.